The van der Waals surface area contributed by atoms with Crippen LogP contribution in [0.1, 0.15) is 45.5 Å². The lowest BCUT2D eigenvalue weighted by atomic mass is 9.83. The molecule has 142 valence electrons. The van der Waals surface area contributed by atoms with E-state index in [1.165, 1.54) is 0 Å². The number of piperidine rings is 1. The standard InChI is InChI=1S/C22H21N3O3/c1-15-2-4-17(11-20(15)24-14-26)21(27)25-8-6-22(7-9-25)19-5-3-16(12-23)10-18(19)13-28-22/h2-5,10-11,14H,6-9,13H2,1H3,(H,24,26). The van der Waals surface area contributed by atoms with Crippen LogP contribution in [0.25, 0.3) is 0 Å². The van der Waals surface area contributed by atoms with Crippen LogP contribution in [0.4, 0.5) is 5.69 Å². The van der Waals surface area contributed by atoms with Crippen LogP contribution in [0, 0.1) is 18.3 Å². The van der Waals surface area contributed by atoms with Crippen LogP contribution in [0.5, 0.6) is 0 Å². The average Bonchev–Trinajstić information content (AvgIpc) is 3.07. The molecule has 2 heterocycles. The van der Waals surface area contributed by atoms with E-state index in [0.717, 1.165) is 29.5 Å². The van der Waals surface area contributed by atoms with Crippen molar-refractivity contribution in [1.29, 1.82) is 5.26 Å². The van der Waals surface area contributed by atoms with Gasteiger partial charge in [0.2, 0.25) is 6.41 Å². The summed E-state index contributed by atoms with van der Waals surface area (Å²) in [6.07, 6.45) is 2.07. The third kappa shape index (κ3) is 3.04. The lowest BCUT2D eigenvalue weighted by Crippen LogP contribution is -2.45. The highest BCUT2D eigenvalue weighted by Gasteiger charge is 2.43. The fraction of sp³-hybridized carbons (Fsp3) is 0.318. The number of carbonyl (C=O) groups excluding carboxylic acids is 2. The van der Waals surface area contributed by atoms with E-state index in [4.69, 9.17) is 10.00 Å². The molecule has 1 N–H and O–H groups in total. The highest BCUT2D eigenvalue weighted by molar-refractivity contribution is 5.96. The average molecular weight is 375 g/mol. The van der Waals surface area contributed by atoms with Crippen molar-refractivity contribution in [2.75, 3.05) is 18.4 Å². The summed E-state index contributed by atoms with van der Waals surface area (Å²) in [4.78, 5) is 25.5. The molecule has 2 aliphatic rings. The first-order chi connectivity index (χ1) is 13.6. The van der Waals surface area contributed by atoms with Crippen LogP contribution >= 0.6 is 0 Å². The second kappa shape index (κ2) is 7.10. The van der Waals surface area contributed by atoms with E-state index in [-0.39, 0.29) is 11.5 Å². The number of rotatable bonds is 3. The number of anilines is 1. The van der Waals surface area contributed by atoms with Crippen molar-refractivity contribution in [3.63, 3.8) is 0 Å². The largest absolute Gasteiger partial charge is 0.365 e. The number of hydrogen-bond donors (Lipinski definition) is 1. The molecule has 28 heavy (non-hydrogen) atoms. The molecule has 6 heteroatoms. The Labute approximate surface area is 163 Å². The number of amides is 2. The molecule has 0 atom stereocenters. The predicted octanol–water partition coefficient (Wildman–Crippen LogP) is 3.10. The Balaban J connectivity index is 1.50. The molecule has 0 aliphatic carbocycles. The maximum absolute atomic E-state index is 12.9. The van der Waals surface area contributed by atoms with Crippen molar-refractivity contribution >= 4 is 18.0 Å². The molecule has 2 aliphatic heterocycles. The molecule has 1 saturated heterocycles. The molecular weight excluding hydrogens is 354 g/mol. The van der Waals surface area contributed by atoms with Gasteiger partial charge in [-0.05, 0) is 60.7 Å². The minimum Gasteiger partial charge on any atom is -0.365 e. The number of nitrogens with one attached hydrogen (secondary N) is 1. The molecule has 0 saturated carbocycles. The molecule has 1 fully saturated rings. The first kappa shape index (κ1) is 18.2. The highest BCUT2D eigenvalue weighted by atomic mass is 16.5. The number of carbonyl (C=O) groups is 2. The van der Waals surface area contributed by atoms with Crippen LogP contribution in [-0.4, -0.2) is 30.3 Å². The maximum Gasteiger partial charge on any atom is 0.253 e. The Morgan fingerprint density at radius 1 is 1.25 bits per heavy atom. The summed E-state index contributed by atoms with van der Waals surface area (Å²) in [5.41, 5.74) is 4.62. The summed E-state index contributed by atoms with van der Waals surface area (Å²) in [5.74, 6) is -0.0400. The van der Waals surface area contributed by atoms with Crippen molar-refractivity contribution in [1.82, 2.24) is 4.90 Å². The Kier molecular flexibility index (Phi) is 4.62. The minimum atomic E-state index is -0.363. The van der Waals surface area contributed by atoms with Crippen molar-refractivity contribution in [3.05, 3.63) is 64.2 Å². The van der Waals surface area contributed by atoms with Crippen LogP contribution in [0.15, 0.2) is 36.4 Å². The van der Waals surface area contributed by atoms with Gasteiger partial charge in [0, 0.05) is 24.3 Å². The molecule has 0 aromatic heterocycles. The van der Waals surface area contributed by atoms with Gasteiger partial charge in [-0.3, -0.25) is 9.59 Å². The maximum atomic E-state index is 12.9. The van der Waals surface area contributed by atoms with Gasteiger partial charge >= 0.3 is 0 Å². The first-order valence-electron chi connectivity index (χ1n) is 9.34. The van der Waals surface area contributed by atoms with Gasteiger partial charge in [0.05, 0.1) is 23.8 Å². The lowest BCUT2D eigenvalue weighted by molar-refractivity contribution is -0.105. The van der Waals surface area contributed by atoms with Gasteiger partial charge in [-0.2, -0.15) is 5.26 Å². The van der Waals surface area contributed by atoms with Crippen molar-refractivity contribution < 1.29 is 14.3 Å². The van der Waals surface area contributed by atoms with Gasteiger partial charge in [0.1, 0.15) is 0 Å². The van der Waals surface area contributed by atoms with Crippen LogP contribution in [0.2, 0.25) is 0 Å². The van der Waals surface area contributed by atoms with E-state index < -0.39 is 0 Å². The van der Waals surface area contributed by atoms with Crippen LogP contribution in [-0.2, 0) is 21.7 Å². The molecule has 2 aromatic rings. The summed E-state index contributed by atoms with van der Waals surface area (Å²) >= 11 is 0. The Morgan fingerprint density at radius 3 is 2.75 bits per heavy atom. The van der Waals surface area contributed by atoms with Crippen molar-refractivity contribution in [2.24, 2.45) is 0 Å². The molecule has 0 unspecified atom stereocenters. The minimum absolute atomic E-state index is 0.0400. The second-order valence-corrected chi connectivity index (χ2v) is 7.35. The molecule has 0 bridgehead atoms. The van der Waals surface area contributed by atoms with E-state index in [0.29, 0.717) is 42.9 Å². The molecule has 2 amide bonds. The summed E-state index contributed by atoms with van der Waals surface area (Å²) in [6, 6.07) is 13.3. The number of benzene rings is 2. The van der Waals surface area contributed by atoms with E-state index >= 15 is 0 Å². The zero-order chi connectivity index (χ0) is 19.7. The number of likely N-dealkylation sites (tertiary alicyclic amines) is 1. The molecule has 0 radical (unpaired) electrons. The van der Waals surface area contributed by atoms with Crippen LogP contribution < -0.4 is 5.32 Å². The Bertz CT molecular complexity index is 985. The summed E-state index contributed by atoms with van der Waals surface area (Å²) in [7, 11) is 0. The number of hydrogen-bond acceptors (Lipinski definition) is 4. The van der Waals surface area contributed by atoms with Gasteiger partial charge in [-0.15, -0.1) is 0 Å². The van der Waals surface area contributed by atoms with E-state index in [1.807, 2.05) is 36.1 Å². The Hall–Kier alpha value is -3.17. The SMILES string of the molecule is Cc1ccc(C(=O)N2CCC3(CC2)OCc2cc(C#N)ccc23)cc1NC=O. The fourth-order valence-corrected chi connectivity index (χ4v) is 4.16. The summed E-state index contributed by atoms with van der Waals surface area (Å²) < 4.78 is 6.16. The highest BCUT2D eigenvalue weighted by Crippen LogP contribution is 2.44. The number of ether oxygens (including phenoxy) is 1. The van der Waals surface area contributed by atoms with Gasteiger partial charge in [0.15, 0.2) is 0 Å². The second-order valence-electron chi connectivity index (χ2n) is 7.35. The third-order valence-corrected chi connectivity index (χ3v) is 5.79. The Morgan fingerprint density at radius 2 is 2.04 bits per heavy atom. The number of aryl methyl sites for hydroxylation is 1. The topological polar surface area (TPSA) is 82.4 Å². The van der Waals surface area contributed by atoms with Crippen molar-refractivity contribution in [3.8, 4) is 6.07 Å². The predicted molar refractivity (Wildman–Crippen MR) is 104 cm³/mol. The zero-order valence-corrected chi connectivity index (χ0v) is 15.7. The van der Waals surface area contributed by atoms with Crippen molar-refractivity contribution in [2.45, 2.75) is 32.0 Å². The van der Waals surface area contributed by atoms with Gasteiger partial charge in [0.25, 0.3) is 5.91 Å². The van der Waals surface area contributed by atoms with E-state index in [9.17, 15) is 9.59 Å². The smallest absolute Gasteiger partial charge is 0.253 e. The molecule has 2 aromatic carbocycles. The molecular formula is C22H21N3O3. The third-order valence-electron chi connectivity index (χ3n) is 5.79. The van der Waals surface area contributed by atoms with Gasteiger partial charge in [-0.1, -0.05) is 12.1 Å². The quantitative estimate of drug-likeness (QED) is 0.836. The van der Waals surface area contributed by atoms with E-state index in [1.54, 1.807) is 12.1 Å². The zero-order valence-electron chi connectivity index (χ0n) is 15.7. The van der Waals surface area contributed by atoms with Gasteiger partial charge < -0.3 is 15.0 Å². The van der Waals surface area contributed by atoms with Gasteiger partial charge in [-0.25, -0.2) is 0 Å². The summed E-state index contributed by atoms with van der Waals surface area (Å²) in [6.45, 7) is 3.60. The molecule has 1 spiro atoms. The van der Waals surface area contributed by atoms with Crippen LogP contribution in [0.3, 0.4) is 0 Å². The number of nitrogens with zero attached hydrogens (tertiary/aromatic N) is 2. The first-order valence-corrected chi connectivity index (χ1v) is 9.34. The van der Waals surface area contributed by atoms with E-state index in [2.05, 4.69) is 11.4 Å². The molecule has 4 rings (SSSR count). The normalized spacial score (nSPS) is 17.1. The monoisotopic (exact) mass is 375 g/mol. The molecule has 6 nitrogen and oxygen atoms in total. The lowest BCUT2D eigenvalue weighted by Gasteiger charge is -2.39. The number of nitriles is 1. The summed E-state index contributed by atoms with van der Waals surface area (Å²) in [5, 5.41) is 11.7. The fourth-order valence-electron chi connectivity index (χ4n) is 4.16. The number of fused-ring (bicyclic) bond motifs is 2.